The highest BCUT2D eigenvalue weighted by Gasteiger charge is 2.28. The number of Topliss-reactive ketones (excluding diaryl/α,β-unsaturated/α-hetero) is 1. The molecule has 1 fully saturated rings. The average molecular weight is 456 g/mol. The normalized spacial score (nSPS) is 17.9. The van der Waals surface area contributed by atoms with Crippen LogP contribution in [0.3, 0.4) is 0 Å². The van der Waals surface area contributed by atoms with Gasteiger partial charge in [-0.25, -0.2) is 4.79 Å². The van der Waals surface area contributed by atoms with Gasteiger partial charge in [-0.1, -0.05) is 13.8 Å². The monoisotopic (exact) mass is 456 g/mol. The molecule has 0 aliphatic carbocycles. The second kappa shape index (κ2) is 10.3. The number of anilines is 1. The van der Waals surface area contributed by atoms with Gasteiger partial charge in [0.15, 0.2) is 6.61 Å². The van der Waals surface area contributed by atoms with Gasteiger partial charge in [-0.05, 0) is 48.6 Å². The van der Waals surface area contributed by atoms with E-state index in [1.54, 1.807) is 18.2 Å². The summed E-state index contributed by atoms with van der Waals surface area (Å²) in [5, 5.41) is 11.7. The summed E-state index contributed by atoms with van der Waals surface area (Å²) in [6.07, 6.45) is 1.07. The van der Waals surface area contributed by atoms with Gasteiger partial charge in [-0.3, -0.25) is 14.9 Å². The molecule has 0 amide bonds. The minimum atomic E-state index is -0.819. The first kappa shape index (κ1) is 24.0. The fraction of sp³-hybridized carbons (Fsp3) is 0.417. The molecule has 1 aliphatic heterocycles. The van der Waals surface area contributed by atoms with Crippen LogP contribution < -0.4 is 14.4 Å². The summed E-state index contributed by atoms with van der Waals surface area (Å²) in [5.74, 6) is 0.303. The first-order valence-corrected chi connectivity index (χ1v) is 10.7. The number of methoxy groups -OCH3 is 2. The van der Waals surface area contributed by atoms with E-state index in [4.69, 9.17) is 14.2 Å². The van der Waals surface area contributed by atoms with Crippen LogP contribution in [0.1, 0.15) is 41.0 Å². The molecule has 0 N–H and O–H groups in total. The molecule has 1 heterocycles. The Balaban J connectivity index is 1.76. The van der Waals surface area contributed by atoms with Crippen LogP contribution in [0.15, 0.2) is 36.4 Å². The number of piperidine rings is 1. The fourth-order valence-electron chi connectivity index (χ4n) is 4.25. The second-order valence-electron chi connectivity index (χ2n) is 8.38. The van der Waals surface area contributed by atoms with Crippen molar-refractivity contribution in [3.8, 4) is 11.5 Å². The van der Waals surface area contributed by atoms with E-state index < -0.39 is 23.3 Å². The number of hydrogen-bond donors (Lipinski definition) is 0. The quantitative estimate of drug-likeness (QED) is 0.252. The Morgan fingerprint density at radius 1 is 1.06 bits per heavy atom. The lowest BCUT2D eigenvalue weighted by atomic mass is 9.91. The first-order chi connectivity index (χ1) is 15.7. The maximum absolute atomic E-state index is 12.6. The summed E-state index contributed by atoms with van der Waals surface area (Å²) < 4.78 is 15.5. The van der Waals surface area contributed by atoms with Gasteiger partial charge >= 0.3 is 5.97 Å². The Hall–Kier alpha value is -3.62. The Morgan fingerprint density at radius 3 is 2.36 bits per heavy atom. The van der Waals surface area contributed by atoms with Crippen molar-refractivity contribution in [1.82, 2.24) is 0 Å². The van der Waals surface area contributed by atoms with E-state index in [0.717, 1.165) is 6.42 Å². The first-order valence-electron chi connectivity index (χ1n) is 10.7. The van der Waals surface area contributed by atoms with E-state index in [-0.39, 0.29) is 16.8 Å². The maximum Gasteiger partial charge on any atom is 0.338 e. The number of rotatable bonds is 8. The average Bonchev–Trinajstić information content (AvgIpc) is 2.80. The van der Waals surface area contributed by atoms with E-state index >= 15 is 0 Å². The van der Waals surface area contributed by atoms with Gasteiger partial charge in [0.1, 0.15) is 17.2 Å². The number of benzene rings is 2. The molecule has 2 aromatic rings. The molecule has 9 nitrogen and oxygen atoms in total. The van der Waals surface area contributed by atoms with Crippen LogP contribution in [-0.4, -0.2) is 50.6 Å². The smallest absolute Gasteiger partial charge is 0.338 e. The summed E-state index contributed by atoms with van der Waals surface area (Å²) in [4.78, 5) is 38.4. The number of esters is 1. The zero-order chi connectivity index (χ0) is 24.1. The molecule has 1 aliphatic rings. The molecule has 0 radical (unpaired) electrons. The molecule has 2 aromatic carbocycles. The van der Waals surface area contributed by atoms with Crippen molar-refractivity contribution < 1.29 is 28.7 Å². The lowest BCUT2D eigenvalue weighted by Gasteiger charge is -2.36. The lowest BCUT2D eigenvalue weighted by Crippen LogP contribution is -2.39. The number of ether oxygens (including phenoxy) is 3. The summed E-state index contributed by atoms with van der Waals surface area (Å²) in [6, 6.07) is 9.00. The molecule has 9 heteroatoms. The van der Waals surface area contributed by atoms with Crippen molar-refractivity contribution in [2.24, 2.45) is 11.8 Å². The number of nitrogens with zero attached hydrogens (tertiary/aromatic N) is 2. The van der Waals surface area contributed by atoms with E-state index in [1.165, 1.54) is 32.4 Å². The molecule has 33 heavy (non-hydrogen) atoms. The predicted octanol–water partition coefficient (Wildman–Crippen LogP) is 4.13. The zero-order valence-electron chi connectivity index (χ0n) is 19.2. The second-order valence-corrected chi connectivity index (χ2v) is 8.38. The van der Waals surface area contributed by atoms with Crippen LogP contribution in [0, 0.1) is 22.0 Å². The van der Waals surface area contributed by atoms with Crippen LogP contribution in [0.4, 0.5) is 11.4 Å². The summed E-state index contributed by atoms with van der Waals surface area (Å²) >= 11 is 0. The van der Waals surface area contributed by atoms with E-state index in [9.17, 15) is 19.7 Å². The van der Waals surface area contributed by atoms with Gasteiger partial charge in [-0.15, -0.1) is 0 Å². The molecule has 0 saturated carbocycles. The molecule has 0 bridgehead atoms. The van der Waals surface area contributed by atoms with E-state index in [0.29, 0.717) is 42.1 Å². The third-order valence-electron chi connectivity index (χ3n) is 5.66. The summed E-state index contributed by atoms with van der Waals surface area (Å²) in [6.45, 7) is 5.12. The Labute approximate surface area is 192 Å². The number of hydrogen-bond acceptors (Lipinski definition) is 8. The molecule has 2 atom stereocenters. The topological polar surface area (TPSA) is 108 Å². The van der Waals surface area contributed by atoms with Crippen LogP contribution in [0.25, 0.3) is 0 Å². The van der Waals surface area contributed by atoms with Gasteiger partial charge in [0.2, 0.25) is 5.78 Å². The van der Waals surface area contributed by atoms with E-state index in [2.05, 4.69) is 13.8 Å². The van der Waals surface area contributed by atoms with Gasteiger partial charge in [-0.2, -0.15) is 0 Å². The highest BCUT2D eigenvalue weighted by Crippen LogP contribution is 2.34. The summed E-state index contributed by atoms with van der Waals surface area (Å²) in [7, 11) is 2.90. The lowest BCUT2D eigenvalue weighted by molar-refractivity contribution is -0.384. The van der Waals surface area contributed by atoms with Gasteiger partial charge in [0.05, 0.1) is 30.3 Å². The van der Waals surface area contributed by atoms with Gasteiger partial charge in [0.25, 0.3) is 5.69 Å². The number of carbonyl (C=O) groups excluding carboxylic acids is 2. The van der Waals surface area contributed by atoms with E-state index in [1.807, 2.05) is 4.90 Å². The Bertz CT molecular complexity index is 1040. The molecule has 3 rings (SSSR count). The van der Waals surface area contributed by atoms with Crippen molar-refractivity contribution in [3.63, 3.8) is 0 Å². The minimum absolute atomic E-state index is 0.00830. The van der Waals surface area contributed by atoms with Gasteiger partial charge in [0, 0.05) is 19.2 Å². The SMILES string of the molecule is COc1ccc(OC)c(C(=O)COC(=O)c2ccc(N3C[C@H](C)C[C@@H](C)C3)c([N+](=O)[O-])c2)c1. The number of nitro groups is 1. The number of nitro benzene ring substituents is 1. The molecule has 0 spiro atoms. The largest absolute Gasteiger partial charge is 0.497 e. The highest BCUT2D eigenvalue weighted by atomic mass is 16.6. The molecule has 1 saturated heterocycles. The summed E-state index contributed by atoms with van der Waals surface area (Å²) in [5.41, 5.74) is 0.534. The Morgan fingerprint density at radius 2 is 1.76 bits per heavy atom. The van der Waals surface area contributed by atoms with Crippen LogP contribution >= 0.6 is 0 Å². The standard InChI is InChI=1S/C24H28N2O7/c1-15-9-16(2)13-25(12-15)20-7-5-17(10-21(20)26(29)30)24(28)33-14-22(27)19-11-18(31-3)6-8-23(19)32-4/h5-8,10-11,15-16H,9,12-14H2,1-4H3/t15-,16-/m1/s1. The molecule has 176 valence electrons. The maximum atomic E-state index is 12.6. The number of carbonyl (C=O) groups is 2. The molecular weight excluding hydrogens is 428 g/mol. The third kappa shape index (κ3) is 5.60. The number of ketones is 1. The minimum Gasteiger partial charge on any atom is -0.497 e. The predicted molar refractivity (Wildman–Crippen MR) is 122 cm³/mol. The van der Waals surface area contributed by atoms with Crippen molar-refractivity contribution >= 4 is 23.1 Å². The van der Waals surface area contributed by atoms with Crippen LogP contribution in [0.5, 0.6) is 11.5 Å². The fourth-order valence-corrected chi connectivity index (χ4v) is 4.25. The van der Waals surface area contributed by atoms with Crippen molar-refractivity contribution in [2.75, 3.05) is 38.8 Å². The zero-order valence-corrected chi connectivity index (χ0v) is 19.2. The van der Waals surface area contributed by atoms with Crippen molar-refractivity contribution in [3.05, 3.63) is 57.6 Å². The highest BCUT2D eigenvalue weighted by molar-refractivity contribution is 6.02. The van der Waals surface area contributed by atoms with Crippen LogP contribution in [0.2, 0.25) is 0 Å². The third-order valence-corrected chi connectivity index (χ3v) is 5.66. The van der Waals surface area contributed by atoms with Crippen molar-refractivity contribution in [2.45, 2.75) is 20.3 Å². The Kier molecular flexibility index (Phi) is 7.52. The van der Waals surface area contributed by atoms with Crippen molar-refractivity contribution in [1.29, 1.82) is 0 Å². The molecule has 0 unspecified atom stereocenters. The van der Waals surface area contributed by atoms with Crippen LogP contribution in [-0.2, 0) is 4.74 Å². The molecular formula is C24H28N2O7. The van der Waals surface area contributed by atoms with Gasteiger partial charge < -0.3 is 19.1 Å². The molecule has 0 aromatic heterocycles.